The first kappa shape index (κ1) is 25.0. The highest BCUT2D eigenvalue weighted by Gasteiger charge is 2.30. The van der Waals surface area contributed by atoms with E-state index in [2.05, 4.69) is 24.4 Å². The van der Waals surface area contributed by atoms with Gasteiger partial charge in [-0.3, -0.25) is 0 Å². The highest BCUT2D eigenvalue weighted by molar-refractivity contribution is 5.91. The number of methoxy groups -OCH3 is 1. The van der Waals surface area contributed by atoms with E-state index in [9.17, 15) is 9.18 Å². The van der Waals surface area contributed by atoms with Crippen molar-refractivity contribution >= 4 is 16.7 Å². The Labute approximate surface area is 217 Å². The minimum Gasteiger partial charge on any atom is -0.490 e. The second kappa shape index (κ2) is 10.7. The molecule has 0 saturated carbocycles. The molecule has 0 aliphatic carbocycles. The first-order valence-corrected chi connectivity index (χ1v) is 12.8. The number of fused-ring (bicyclic) bond motifs is 2. The Morgan fingerprint density at radius 1 is 1.05 bits per heavy atom. The zero-order valence-electron chi connectivity index (χ0n) is 21.5. The fraction of sp³-hybridized carbons (Fsp3) is 0.281. The Morgan fingerprint density at radius 2 is 1.81 bits per heavy atom. The average Bonchev–Trinajstić information content (AvgIpc) is 2.93. The van der Waals surface area contributed by atoms with E-state index in [0.29, 0.717) is 10.9 Å². The maximum Gasteiger partial charge on any atom is 0.338 e. The molecule has 4 aromatic rings. The van der Waals surface area contributed by atoms with Gasteiger partial charge in [0.1, 0.15) is 17.7 Å². The molecule has 0 amide bonds. The van der Waals surface area contributed by atoms with Crippen LogP contribution < -0.4 is 10.1 Å². The normalized spacial score (nSPS) is 17.6. The quantitative estimate of drug-likeness (QED) is 0.277. The fourth-order valence-electron chi connectivity index (χ4n) is 5.41. The summed E-state index contributed by atoms with van der Waals surface area (Å²) in [5.74, 6) is 0.500. The number of ether oxygens (including phenoxy) is 2. The van der Waals surface area contributed by atoms with Crippen LogP contribution in [0.15, 0.2) is 78.9 Å². The van der Waals surface area contributed by atoms with Crippen LogP contribution in [0.1, 0.15) is 64.3 Å². The molecular weight excluding hydrogens is 465 g/mol. The molecule has 1 aliphatic heterocycles. The lowest BCUT2D eigenvalue weighted by molar-refractivity contribution is 0.0599. The molecule has 3 unspecified atom stereocenters. The van der Waals surface area contributed by atoms with Crippen LogP contribution >= 0.6 is 0 Å². The summed E-state index contributed by atoms with van der Waals surface area (Å²) in [5.41, 5.74) is 4.81. The summed E-state index contributed by atoms with van der Waals surface area (Å²) in [7, 11) is 1.41. The van der Waals surface area contributed by atoms with Gasteiger partial charge in [0.05, 0.1) is 12.7 Å². The predicted octanol–water partition coefficient (Wildman–Crippen LogP) is 7.10. The number of esters is 1. The largest absolute Gasteiger partial charge is 0.490 e. The molecule has 4 aromatic carbocycles. The van der Waals surface area contributed by atoms with Crippen molar-refractivity contribution in [3.05, 3.63) is 112 Å². The van der Waals surface area contributed by atoms with Crippen molar-refractivity contribution in [3.8, 4) is 5.75 Å². The van der Waals surface area contributed by atoms with Crippen LogP contribution in [-0.4, -0.2) is 25.7 Å². The zero-order valence-corrected chi connectivity index (χ0v) is 21.5. The number of halogens is 1. The molecule has 0 saturated heterocycles. The van der Waals surface area contributed by atoms with E-state index >= 15 is 0 Å². The van der Waals surface area contributed by atoms with Crippen LogP contribution in [0.4, 0.5) is 4.39 Å². The van der Waals surface area contributed by atoms with Crippen molar-refractivity contribution in [2.24, 2.45) is 0 Å². The summed E-state index contributed by atoms with van der Waals surface area (Å²) in [6.45, 7) is 4.79. The lowest BCUT2D eigenvalue weighted by Crippen LogP contribution is -2.31. The standard InChI is InChI=1S/C32H32FNO3/c1-20-12-13-22(18-28(20)32(35)36-3)29-19-23(37-31-11-7-6-10-27(29)31)16-17-34-21(2)24-14-15-30(33)26-9-5-4-8-25(24)26/h4-15,18,21,23,29,34H,16-17,19H2,1-3H3. The minimum atomic E-state index is -0.317. The van der Waals surface area contributed by atoms with Crippen LogP contribution in [0.3, 0.4) is 0 Å². The van der Waals surface area contributed by atoms with Crippen molar-refractivity contribution in [3.63, 3.8) is 0 Å². The van der Waals surface area contributed by atoms with Gasteiger partial charge in [-0.2, -0.15) is 0 Å². The van der Waals surface area contributed by atoms with Gasteiger partial charge in [0.2, 0.25) is 0 Å². The molecule has 0 radical (unpaired) electrons. The third kappa shape index (κ3) is 5.09. The van der Waals surface area contributed by atoms with Crippen LogP contribution in [0, 0.1) is 12.7 Å². The van der Waals surface area contributed by atoms with E-state index < -0.39 is 0 Å². The SMILES string of the molecule is COC(=O)c1cc(C2CC(CCNC(C)c3ccc(F)c4ccccc34)Oc3ccccc32)ccc1C. The number of rotatable bonds is 7. The highest BCUT2D eigenvalue weighted by atomic mass is 19.1. The van der Waals surface area contributed by atoms with Gasteiger partial charge in [0.25, 0.3) is 0 Å². The molecule has 1 N–H and O–H groups in total. The maximum absolute atomic E-state index is 14.3. The van der Waals surface area contributed by atoms with E-state index in [1.807, 2.05) is 67.6 Å². The number of aryl methyl sites for hydroxylation is 1. The Balaban J connectivity index is 1.32. The van der Waals surface area contributed by atoms with Gasteiger partial charge in [-0.25, -0.2) is 9.18 Å². The summed E-state index contributed by atoms with van der Waals surface area (Å²) in [6.07, 6.45) is 1.66. The van der Waals surface area contributed by atoms with Gasteiger partial charge in [-0.1, -0.05) is 60.7 Å². The number of benzene rings is 4. The number of nitrogens with one attached hydrogen (secondary N) is 1. The third-order valence-electron chi connectivity index (χ3n) is 7.44. The van der Waals surface area contributed by atoms with Crippen molar-refractivity contribution in [1.29, 1.82) is 0 Å². The van der Waals surface area contributed by atoms with Gasteiger partial charge in [0, 0.05) is 22.9 Å². The molecule has 5 rings (SSSR count). The first-order chi connectivity index (χ1) is 18.0. The topological polar surface area (TPSA) is 47.6 Å². The van der Waals surface area contributed by atoms with Gasteiger partial charge in [0.15, 0.2) is 0 Å². The third-order valence-corrected chi connectivity index (χ3v) is 7.44. The van der Waals surface area contributed by atoms with E-state index in [4.69, 9.17) is 9.47 Å². The number of carbonyl (C=O) groups is 1. The lowest BCUT2D eigenvalue weighted by atomic mass is 9.82. The predicted molar refractivity (Wildman–Crippen MR) is 145 cm³/mol. The van der Waals surface area contributed by atoms with Crippen molar-refractivity contribution < 1.29 is 18.7 Å². The average molecular weight is 498 g/mol. The molecule has 5 heteroatoms. The molecule has 4 nitrogen and oxygen atoms in total. The number of para-hydroxylation sites is 1. The summed E-state index contributed by atoms with van der Waals surface area (Å²) in [5, 5.41) is 5.19. The molecule has 0 spiro atoms. The van der Waals surface area contributed by atoms with Crippen molar-refractivity contribution in [2.45, 2.75) is 44.8 Å². The molecule has 0 aromatic heterocycles. The molecular formula is C32H32FNO3. The molecule has 1 heterocycles. The molecule has 0 bridgehead atoms. The van der Waals surface area contributed by atoms with Crippen LogP contribution in [0.5, 0.6) is 5.75 Å². The summed E-state index contributed by atoms with van der Waals surface area (Å²) < 4.78 is 25.7. The van der Waals surface area contributed by atoms with Crippen LogP contribution in [0.25, 0.3) is 10.8 Å². The number of hydrogen-bond donors (Lipinski definition) is 1. The van der Waals surface area contributed by atoms with E-state index in [0.717, 1.165) is 52.8 Å². The number of carbonyl (C=O) groups excluding carboxylic acids is 1. The summed E-state index contributed by atoms with van der Waals surface area (Å²) in [6, 6.07) is 25.3. The fourth-order valence-corrected chi connectivity index (χ4v) is 5.41. The van der Waals surface area contributed by atoms with Crippen molar-refractivity contribution in [1.82, 2.24) is 5.32 Å². The Hall–Kier alpha value is -3.70. The van der Waals surface area contributed by atoms with Gasteiger partial charge >= 0.3 is 5.97 Å². The maximum atomic E-state index is 14.3. The summed E-state index contributed by atoms with van der Waals surface area (Å²) in [4.78, 5) is 12.3. The molecule has 3 atom stereocenters. The Kier molecular flexibility index (Phi) is 7.24. The first-order valence-electron chi connectivity index (χ1n) is 12.8. The van der Waals surface area contributed by atoms with Gasteiger partial charge < -0.3 is 14.8 Å². The van der Waals surface area contributed by atoms with Gasteiger partial charge in [-0.05, 0) is 73.5 Å². The van der Waals surface area contributed by atoms with Gasteiger partial charge in [-0.15, -0.1) is 0 Å². The van der Waals surface area contributed by atoms with Crippen LogP contribution in [-0.2, 0) is 4.74 Å². The van der Waals surface area contributed by atoms with E-state index in [1.165, 1.54) is 7.11 Å². The number of hydrogen-bond acceptors (Lipinski definition) is 4. The van der Waals surface area contributed by atoms with E-state index in [1.54, 1.807) is 6.07 Å². The van der Waals surface area contributed by atoms with E-state index in [-0.39, 0.29) is 29.9 Å². The van der Waals surface area contributed by atoms with Crippen LogP contribution in [0.2, 0.25) is 0 Å². The second-order valence-corrected chi connectivity index (χ2v) is 9.78. The summed E-state index contributed by atoms with van der Waals surface area (Å²) >= 11 is 0. The Morgan fingerprint density at radius 3 is 2.62 bits per heavy atom. The smallest absolute Gasteiger partial charge is 0.338 e. The molecule has 1 aliphatic rings. The molecule has 0 fully saturated rings. The Bertz CT molecular complexity index is 1430. The molecule has 37 heavy (non-hydrogen) atoms. The zero-order chi connectivity index (χ0) is 25.9. The lowest BCUT2D eigenvalue weighted by Gasteiger charge is -2.33. The molecule has 190 valence electrons. The highest BCUT2D eigenvalue weighted by Crippen LogP contribution is 2.41. The monoisotopic (exact) mass is 497 g/mol. The van der Waals surface area contributed by atoms with Crippen molar-refractivity contribution in [2.75, 3.05) is 13.7 Å². The minimum absolute atomic E-state index is 0.0208. The second-order valence-electron chi connectivity index (χ2n) is 9.78.